The number of ether oxygens (including phenoxy) is 1. The van der Waals surface area contributed by atoms with Gasteiger partial charge in [-0.3, -0.25) is 4.90 Å². The number of hydrogen-bond acceptors (Lipinski definition) is 3. The zero-order valence-electron chi connectivity index (χ0n) is 9.27. The van der Waals surface area contributed by atoms with Crippen molar-refractivity contribution in [3.05, 3.63) is 29.8 Å². The Kier molecular flexibility index (Phi) is 4.05. The minimum absolute atomic E-state index is 0.174. The van der Waals surface area contributed by atoms with Gasteiger partial charge in [0, 0.05) is 18.7 Å². The van der Waals surface area contributed by atoms with Crippen molar-refractivity contribution in [1.29, 1.82) is 0 Å². The molecule has 2 unspecified atom stereocenters. The van der Waals surface area contributed by atoms with Crippen LogP contribution in [0.1, 0.15) is 16.0 Å². The van der Waals surface area contributed by atoms with Crippen LogP contribution in [0.15, 0.2) is 24.3 Å². The summed E-state index contributed by atoms with van der Waals surface area (Å²) in [5.41, 5.74) is 1.18. The van der Waals surface area contributed by atoms with Crippen molar-refractivity contribution in [2.45, 2.75) is 16.6 Å². The highest BCUT2D eigenvalue weighted by molar-refractivity contribution is 14.1. The van der Waals surface area contributed by atoms with Crippen LogP contribution in [0.3, 0.4) is 0 Å². The summed E-state index contributed by atoms with van der Waals surface area (Å²) in [7, 11) is 1.70. The van der Waals surface area contributed by atoms with E-state index in [1.165, 1.54) is 5.56 Å². The summed E-state index contributed by atoms with van der Waals surface area (Å²) in [5.74, 6) is 0.920. The predicted octanol–water partition coefficient (Wildman–Crippen LogP) is 2.20. The molecule has 1 aromatic rings. The Morgan fingerprint density at radius 3 is 2.88 bits per heavy atom. The Morgan fingerprint density at radius 1 is 1.50 bits per heavy atom. The third-order valence-corrected chi connectivity index (χ3v) is 4.37. The van der Waals surface area contributed by atoms with Crippen molar-refractivity contribution in [3.63, 3.8) is 0 Å². The fourth-order valence-electron chi connectivity index (χ4n) is 2.03. The van der Waals surface area contributed by atoms with Crippen molar-refractivity contribution >= 4 is 22.6 Å². The zero-order chi connectivity index (χ0) is 11.5. The highest BCUT2D eigenvalue weighted by atomic mass is 127. The highest BCUT2D eigenvalue weighted by Crippen LogP contribution is 2.36. The van der Waals surface area contributed by atoms with Gasteiger partial charge in [0.1, 0.15) is 5.75 Å². The molecule has 2 atom stereocenters. The summed E-state index contributed by atoms with van der Waals surface area (Å²) >= 11 is 2.40. The van der Waals surface area contributed by atoms with Crippen molar-refractivity contribution < 1.29 is 9.84 Å². The molecule has 0 aliphatic carbocycles. The largest absolute Gasteiger partial charge is 0.496 e. The molecule has 0 saturated carbocycles. The molecule has 88 valence electrons. The lowest BCUT2D eigenvalue weighted by Crippen LogP contribution is -2.24. The van der Waals surface area contributed by atoms with E-state index in [1.54, 1.807) is 7.11 Å². The Balaban J connectivity index is 2.16. The summed E-state index contributed by atoms with van der Waals surface area (Å²) in [5, 5.41) is 9.55. The number of halogens is 1. The van der Waals surface area contributed by atoms with Crippen LogP contribution in [0, 0.1) is 0 Å². The van der Waals surface area contributed by atoms with Gasteiger partial charge >= 0.3 is 0 Å². The van der Waals surface area contributed by atoms with Crippen LogP contribution >= 0.6 is 22.6 Å². The number of rotatable bonds is 3. The molecule has 3 nitrogen and oxygen atoms in total. The molecular formula is C12H16INO2. The first-order chi connectivity index (χ1) is 7.72. The van der Waals surface area contributed by atoms with E-state index in [0.717, 1.165) is 25.3 Å². The van der Waals surface area contributed by atoms with Gasteiger partial charge in [0.15, 0.2) is 0 Å². The number of alkyl halides is 1. The second-order valence-electron chi connectivity index (χ2n) is 4.02. The Hall–Kier alpha value is -0.330. The molecule has 0 amide bonds. The predicted molar refractivity (Wildman–Crippen MR) is 72.0 cm³/mol. The number of aliphatic hydroxyl groups is 1. The van der Waals surface area contributed by atoms with Crippen LogP contribution in [-0.2, 0) is 0 Å². The van der Waals surface area contributed by atoms with Gasteiger partial charge in [-0.1, -0.05) is 40.8 Å². The summed E-state index contributed by atoms with van der Waals surface area (Å²) in [6.07, 6.45) is 0.696. The first-order valence-electron chi connectivity index (χ1n) is 5.41. The van der Waals surface area contributed by atoms with Crippen molar-refractivity contribution in [3.8, 4) is 5.75 Å². The maximum Gasteiger partial charge on any atom is 0.124 e. The van der Waals surface area contributed by atoms with E-state index >= 15 is 0 Å². The van der Waals surface area contributed by atoms with E-state index in [-0.39, 0.29) is 10.2 Å². The van der Waals surface area contributed by atoms with Crippen LogP contribution in [0.4, 0.5) is 0 Å². The lowest BCUT2D eigenvalue weighted by atomic mass is 10.2. The number of methoxy groups -OCH3 is 1. The molecule has 16 heavy (non-hydrogen) atoms. The zero-order valence-corrected chi connectivity index (χ0v) is 11.4. The maximum absolute atomic E-state index is 9.55. The number of aliphatic hydroxyl groups excluding tert-OH is 1. The second kappa shape index (κ2) is 5.33. The van der Waals surface area contributed by atoms with E-state index in [9.17, 15) is 5.11 Å². The summed E-state index contributed by atoms with van der Waals surface area (Å²) < 4.78 is 5.63. The monoisotopic (exact) mass is 333 g/mol. The second-order valence-corrected chi connectivity index (χ2v) is 5.20. The Bertz CT molecular complexity index is 359. The molecule has 1 aromatic carbocycles. The smallest absolute Gasteiger partial charge is 0.124 e. The first-order valence-corrected chi connectivity index (χ1v) is 6.66. The SMILES string of the molecule is COc1ccccc1C(I)N1CCC(O)C1. The molecule has 1 aliphatic heterocycles. The number of β-amino-alcohol motifs (C(OH)–C–C–N with tert-alkyl or cyclic N) is 1. The number of likely N-dealkylation sites (tertiary alicyclic amines) is 1. The maximum atomic E-state index is 9.55. The van der Waals surface area contributed by atoms with Crippen LogP contribution in [-0.4, -0.2) is 36.3 Å². The van der Waals surface area contributed by atoms with Gasteiger partial charge in [-0.15, -0.1) is 0 Å². The number of para-hydroxylation sites is 1. The summed E-state index contributed by atoms with van der Waals surface area (Å²) in [6, 6.07) is 8.06. The molecule has 0 bridgehead atoms. The van der Waals surface area contributed by atoms with Gasteiger partial charge in [0.25, 0.3) is 0 Å². The minimum Gasteiger partial charge on any atom is -0.496 e. The van der Waals surface area contributed by atoms with Crippen LogP contribution < -0.4 is 4.74 Å². The van der Waals surface area contributed by atoms with Gasteiger partial charge in [-0.25, -0.2) is 0 Å². The molecule has 1 heterocycles. The Labute approximate surface area is 110 Å². The van der Waals surface area contributed by atoms with Crippen molar-refractivity contribution in [2.75, 3.05) is 20.2 Å². The fourth-order valence-corrected chi connectivity index (χ4v) is 3.05. The molecular weight excluding hydrogens is 317 g/mol. The molecule has 0 spiro atoms. The molecule has 1 N–H and O–H groups in total. The van der Waals surface area contributed by atoms with Crippen molar-refractivity contribution in [2.24, 2.45) is 0 Å². The van der Waals surface area contributed by atoms with Crippen molar-refractivity contribution in [1.82, 2.24) is 4.90 Å². The average Bonchev–Trinajstić information content (AvgIpc) is 2.75. The summed E-state index contributed by atoms with van der Waals surface area (Å²) in [6.45, 7) is 1.71. The van der Waals surface area contributed by atoms with E-state index in [4.69, 9.17) is 4.74 Å². The topological polar surface area (TPSA) is 32.7 Å². The molecule has 1 aliphatic rings. The molecule has 2 rings (SSSR count). The molecule has 1 saturated heterocycles. The minimum atomic E-state index is -0.174. The van der Waals surface area contributed by atoms with Gasteiger partial charge in [-0.05, 0) is 12.5 Å². The molecule has 0 radical (unpaired) electrons. The fraction of sp³-hybridized carbons (Fsp3) is 0.500. The number of nitrogens with zero attached hydrogens (tertiary/aromatic N) is 1. The first kappa shape index (κ1) is 12.1. The highest BCUT2D eigenvalue weighted by Gasteiger charge is 2.27. The van der Waals surface area contributed by atoms with Crippen LogP contribution in [0.25, 0.3) is 0 Å². The van der Waals surface area contributed by atoms with Crippen LogP contribution in [0.5, 0.6) is 5.75 Å². The standard InChI is InChI=1S/C12H16INO2/c1-16-11-5-3-2-4-10(11)12(13)14-7-6-9(15)8-14/h2-5,9,12,15H,6-8H2,1H3. The molecule has 1 fully saturated rings. The van der Waals surface area contributed by atoms with Gasteiger partial charge in [-0.2, -0.15) is 0 Å². The third kappa shape index (κ3) is 2.49. The Morgan fingerprint density at radius 2 is 2.25 bits per heavy atom. The number of hydrogen-bond donors (Lipinski definition) is 1. The summed E-state index contributed by atoms with van der Waals surface area (Å²) in [4.78, 5) is 2.28. The van der Waals surface area contributed by atoms with Gasteiger partial charge in [0.2, 0.25) is 0 Å². The van der Waals surface area contributed by atoms with E-state index < -0.39 is 0 Å². The number of benzene rings is 1. The molecule has 0 aromatic heterocycles. The lowest BCUT2D eigenvalue weighted by molar-refractivity contribution is 0.175. The normalized spacial score (nSPS) is 23.3. The van der Waals surface area contributed by atoms with Crippen LogP contribution in [0.2, 0.25) is 0 Å². The quantitative estimate of drug-likeness (QED) is 0.523. The van der Waals surface area contributed by atoms with E-state index in [2.05, 4.69) is 33.6 Å². The average molecular weight is 333 g/mol. The van der Waals surface area contributed by atoms with Gasteiger partial charge in [0.05, 0.1) is 17.3 Å². The third-order valence-electron chi connectivity index (χ3n) is 2.91. The van der Waals surface area contributed by atoms with E-state index in [1.807, 2.05) is 18.2 Å². The van der Waals surface area contributed by atoms with Gasteiger partial charge < -0.3 is 9.84 Å². The van der Waals surface area contributed by atoms with E-state index in [0.29, 0.717) is 0 Å². The molecule has 4 heteroatoms. The lowest BCUT2D eigenvalue weighted by Gasteiger charge is -2.24.